The molecule has 0 bridgehead atoms. The largest absolute Gasteiger partial charge is 0.871 e. The standard InChI is InChI=1S/C32H39N5O4.2C2HF3O2/c1-3-36-29-17-26(10-11-28(29)37(31(36)18-33)20-25-13-15-40-16-14-25)41-22-32(39)35(19-24-7-5-4-6-8-24)21-27-30(38)12-9-23(2)34-27;2*3-2(4,5)1(6)7/h4-12,17,25H,3,13-16,18-22,33H2,1-2H3;2*(H,6,7). The highest BCUT2D eigenvalue weighted by atomic mass is 19.4. The number of fused-ring (bicyclic) bond motifs is 1. The lowest BCUT2D eigenvalue weighted by Gasteiger charge is -2.25. The van der Waals surface area contributed by atoms with Crippen LogP contribution >= 0.6 is 0 Å². The van der Waals surface area contributed by atoms with Crippen LogP contribution in [0, 0.1) is 12.8 Å². The van der Waals surface area contributed by atoms with Crippen LogP contribution < -0.4 is 20.1 Å². The van der Waals surface area contributed by atoms with Crippen molar-refractivity contribution in [3.05, 3.63) is 83.4 Å². The fourth-order valence-corrected chi connectivity index (χ4v) is 5.59. The number of amides is 1. The van der Waals surface area contributed by atoms with E-state index in [1.165, 1.54) is 6.07 Å². The quantitative estimate of drug-likeness (QED) is 0.145. The third kappa shape index (κ3) is 13.1. The summed E-state index contributed by atoms with van der Waals surface area (Å²) in [6.07, 6.45) is -8.07. The molecule has 1 aliphatic heterocycles. The van der Waals surface area contributed by atoms with Crippen molar-refractivity contribution < 1.29 is 70.1 Å². The first kappa shape index (κ1) is 44.0. The summed E-state index contributed by atoms with van der Waals surface area (Å²) in [5.74, 6) is -3.68. The average Bonchev–Trinajstić information content (AvgIpc) is 3.43. The van der Waals surface area contributed by atoms with E-state index < -0.39 is 24.3 Å². The van der Waals surface area contributed by atoms with E-state index in [-0.39, 0.29) is 24.8 Å². The lowest BCUT2D eigenvalue weighted by molar-refractivity contribution is -0.687. The molecule has 3 heterocycles. The molecule has 2 aromatic heterocycles. The third-order valence-corrected chi connectivity index (χ3v) is 8.26. The number of carboxylic acid groups (broad SMARTS) is 2. The number of carboxylic acids is 2. The highest BCUT2D eigenvalue weighted by molar-refractivity contribution is 5.78. The Morgan fingerprint density at radius 1 is 0.982 bits per heavy atom. The van der Waals surface area contributed by atoms with Gasteiger partial charge in [0.25, 0.3) is 11.7 Å². The van der Waals surface area contributed by atoms with Crippen molar-refractivity contribution in [1.82, 2.24) is 14.5 Å². The SMILES string of the molecule is CCn1c(CN)[n+](CC2CCOCC2)c2ccc(OCC(=O)N(Cc3ccccc3)Cc3nc(C)ccc3[O-])cc21.O=C(O)C(F)(F)F.O=C(O)C(F)(F)F. The summed E-state index contributed by atoms with van der Waals surface area (Å²) in [7, 11) is 0. The Balaban J connectivity index is 0.000000494. The second kappa shape index (κ2) is 19.8. The summed E-state index contributed by atoms with van der Waals surface area (Å²) in [5, 5.41) is 26.7. The van der Waals surface area contributed by atoms with Crippen molar-refractivity contribution in [3.8, 4) is 11.5 Å². The van der Waals surface area contributed by atoms with E-state index in [1.807, 2.05) is 49.4 Å². The number of halogens is 6. The van der Waals surface area contributed by atoms with Gasteiger partial charge in [0.05, 0.1) is 31.9 Å². The van der Waals surface area contributed by atoms with Crippen molar-refractivity contribution in [2.45, 2.75) is 71.8 Å². The minimum atomic E-state index is -5.08. The van der Waals surface area contributed by atoms with Gasteiger partial charge in [-0.15, -0.1) is 0 Å². The minimum Gasteiger partial charge on any atom is -0.871 e. The Morgan fingerprint density at radius 3 is 2.13 bits per heavy atom. The van der Waals surface area contributed by atoms with Gasteiger partial charge in [-0.25, -0.2) is 18.7 Å². The number of aromatic nitrogens is 3. The average molecular weight is 786 g/mol. The molecule has 0 radical (unpaired) electrons. The molecule has 55 heavy (non-hydrogen) atoms. The number of aryl methyl sites for hydroxylation is 2. The van der Waals surface area contributed by atoms with Crippen LogP contribution in [0.5, 0.6) is 11.5 Å². The summed E-state index contributed by atoms with van der Waals surface area (Å²) in [4.78, 5) is 37.3. The van der Waals surface area contributed by atoms with Crippen molar-refractivity contribution >= 4 is 28.9 Å². The predicted molar refractivity (Wildman–Crippen MR) is 181 cm³/mol. The van der Waals surface area contributed by atoms with Crippen LogP contribution in [-0.4, -0.2) is 74.7 Å². The summed E-state index contributed by atoms with van der Waals surface area (Å²) in [5.41, 5.74) is 10.4. The van der Waals surface area contributed by atoms with Gasteiger partial charge in [-0.05, 0) is 50.5 Å². The number of ether oxygens (including phenoxy) is 2. The van der Waals surface area contributed by atoms with Gasteiger partial charge in [-0.3, -0.25) is 9.78 Å². The van der Waals surface area contributed by atoms with Crippen molar-refractivity contribution in [2.75, 3.05) is 19.8 Å². The summed E-state index contributed by atoms with van der Waals surface area (Å²) in [6.45, 7) is 7.97. The van der Waals surface area contributed by atoms with Crippen LogP contribution in [0.4, 0.5) is 26.3 Å². The van der Waals surface area contributed by atoms with Gasteiger partial charge in [0, 0.05) is 37.4 Å². The maximum atomic E-state index is 13.5. The predicted octanol–water partition coefficient (Wildman–Crippen LogP) is 4.49. The van der Waals surface area contributed by atoms with E-state index in [0.29, 0.717) is 30.5 Å². The maximum absolute atomic E-state index is 13.5. The number of imidazole rings is 1. The van der Waals surface area contributed by atoms with Crippen molar-refractivity contribution in [1.29, 1.82) is 0 Å². The molecule has 1 saturated heterocycles. The second-order valence-corrected chi connectivity index (χ2v) is 12.2. The number of carbonyl (C=O) groups excluding carboxylic acids is 1. The van der Waals surface area contributed by atoms with E-state index in [4.69, 9.17) is 35.0 Å². The first-order chi connectivity index (χ1) is 25.8. The summed E-state index contributed by atoms with van der Waals surface area (Å²) < 4.78 is 79.6. The first-order valence-electron chi connectivity index (χ1n) is 16.9. The molecule has 0 aliphatic carbocycles. The number of alkyl halides is 6. The molecule has 2 aromatic carbocycles. The molecule has 0 atom stereocenters. The molecular formula is C36H41F6N5O8. The van der Waals surface area contributed by atoms with Gasteiger partial charge in [0.15, 0.2) is 17.6 Å². The number of hydrogen-bond acceptors (Lipinski definition) is 8. The topological polar surface area (TPSA) is 184 Å². The number of aliphatic carboxylic acids is 2. The Kier molecular flexibility index (Phi) is 15.8. The van der Waals surface area contributed by atoms with Crippen LogP contribution in [0.15, 0.2) is 60.7 Å². The van der Waals surface area contributed by atoms with E-state index in [1.54, 1.807) is 11.0 Å². The van der Waals surface area contributed by atoms with E-state index in [9.17, 15) is 36.2 Å². The number of nitrogens with two attached hydrogens (primary N) is 1. The highest BCUT2D eigenvalue weighted by Crippen LogP contribution is 2.24. The van der Waals surface area contributed by atoms with Gasteiger partial charge in [-0.2, -0.15) is 26.3 Å². The highest BCUT2D eigenvalue weighted by Gasteiger charge is 2.39. The van der Waals surface area contributed by atoms with Crippen LogP contribution in [0.2, 0.25) is 0 Å². The molecule has 13 nitrogen and oxygen atoms in total. The Labute approximate surface area is 311 Å². The molecule has 1 amide bonds. The number of carbonyl (C=O) groups is 3. The van der Waals surface area contributed by atoms with E-state index >= 15 is 0 Å². The fraction of sp³-hybridized carbons (Fsp3) is 0.417. The zero-order valence-corrected chi connectivity index (χ0v) is 29.9. The number of benzene rings is 2. The lowest BCUT2D eigenvalue weighted by atomic mass is 10.0. The lowest BCUT2D eigenvalue weighted by Crippen LogP contribution is -2.43. The maximum Gasteiger partial charge on any atom is 0.490 e. The molecule has 0 unspecified atom stereocenters. The Morgan fingerprint density at radius 2 is 1.58 bits per heavy atom. The molecule has 0 saturated carbocycles. The van der Waals surface area contributed by atoms with Gasteiger partial charge in [-0.1, -0.05) is 42.1 Å². The number of rotatable bonds is 11. The van der Waals surface area contributed by atoms with Gasteiger partial charge < -0.3 is 35.4 Å². The molecule has 0 spiro atoms. The smallest absolute Gasteiger partial charge is 0.490 e. The summed E-state index contributed by atoms with van der Waals surface area (Å²) >= 11 is 0. The second-order valence-electron chi connectivity index (χ2n) is 12.2. The Hall–Kier alpha value is -5.43. The van der Waals surface area contributed by atoms with Gasteiger partial charge >= 0.3 is 24.3 Å². The minimum absolute atomic E-state index is 0.112. The molecule has 300 valence electrons. The molecule has 19 heteroatoms. The normalized spacial score (nSPS) is 13.3. The number of hydrogen-bond donors (Lipinski definition) is 3. The van der Waals surface area contributed by atoms with Crippen LogP contribution in [-0.2, 0) is 51.8 Å². The van der Waals surface area contributed by atoms with Crippen LogP contribution in [0.1, 0.15) is 42.5 Å². The zero-order chi connectivity index (χ0) is 40.9. The molecule has 1 aliphatic rings. The fourth-order valence-electron chi connectivity index (χ4n) is 5.59. The molecule has 5 rings (SSSR count). The van der Waals surface area contributed by atoms with Crippen LogP contribution in [0.3, 0.4) is 0 Å². The molecular weight excluding hydrogens is 744 g/mol. The zero-order valence-electron chi connectivity index (χ0n) is 29.9. The van der Waals surface area contributed by atoms with E-state index in [2.05, 4.69) is 27.1 Å². The number of pyridine rings is 1. The summed E-state index contributed by atoms with van der Waals surface area (Å²) in [6, 6.07) is 18.9. The third-order valence-electron chi connectivity index (χ3n) is 8.26. The van der Waals surface area contributed by atoms with Crippen LogP contribution in [0.25, 0.3) is 11.0 Å². The monoisotopic (exact) mass is 785 g/mol. The molecule has 4 N–H and O–H groups in total. The Bertz CT molecular complexity index is 1870. The first-order valence-corrected chi connectivity index (χ1v) is 16.9. The van der Waals surface area contributed by atoms with E-state index in [0.717, 1.165) is 67.3 Å². The molecule has 1 fully saturated rings. The van der Waals surface area contributed by atoms with Crippen molar-refractivity contribution in [2.24, 2.45) is 11.7 Å². The number of nitrogens with zero attached hydrogens (tertiary/aromatic N) is 4. The van der Waals surface area contributed by atoms with Crippen molar-refractivity contribution in [3.63, 3.8) is 0 Å². The van der Waals surface area contributed by atoms with Gasteiger partial charge in [0.1, 0.15) is 5.75 Å². The molecule has 4 aromatic rings. The van der Waals surface area contributed by atoms with Gasteiger partial charge in [0.2, 0.25) is 0 Å².